The van der Waals surface area contributed by atoms with Crippen LogP contribution in [0.1, 0.15) is 11.1 Å². The number of rotatable bonds is 2. The molecule has 0 spiro atoms. The number of nitrogens with one attached hydrogen (secondary N) is 1. The van der Waals surface area contributed by atoms with Crippen LogP contribution in [0.15, 0.2) is 18.2 Å². The first-order valence-corrected chi connectivity index (χ1v) is 5.27. The maximum absolute atomic E-state index is 9.16. The number of ether oxygens (including phenoxy) is 1. The van der Waals surface area contributed by atoms with Crippen molar-refractivity contribution in [2.75, 3.05) is 19.5 Å². The molecular weight excluding hydrogens is 214 g/mol. The van der Waals surface area contributed by atoms with Crippen molar-refractivity contribution in [2.24, 2.45) is 0 Å². The summed E-state index contributed by atoms with van der Waals surface area (Å²) in [6.07, 6.45) is 0. The van der Waals surface area contributed by atoms with E-state index >= 15 is 0 Å². The van der Waals surface area contributed by atoms with Gasteiger partial charge in [-0.3, -0.25) is 0 Å². The highest BCUT2D eigenvalue weighted by Gasteiger charge is 2.10. The van der Waals surface area contributed by atoms with Gasteiger partial charge in [0.2, 0.25) is 0 Å². The Morgan fingerprint density at radius 1 is 1.35 bits per heavy atom. The highest BCUT2D eigenvalue weighted by molar-refractivity contribution is 5.91. The summed E-state index contributed by atoms with van der Waals surface area (Å²) in [7, 11) is 3.38. The summed E-state index contributed by atoms with van der Waals surface area (Å²) >= 11 is 0. The molecule has 4 nitrogen and oxygen atoms in total. The van der Waals surface area contributed by atoms with Crippen LogP contribution >= 0.6 is 0 Å². The lowest BCUT2D eigenvalue weighted by atomic mass is 10.1. The van der Waals surface area contributed by atoms with Gasteiger partial charge in [-0.2, -0.15) is 5.26 Å². The normalized spacial score (nSPS) is 10.0. The van der Waals surface area contributed by atoms with E-state index in [1.54, 1.807) is 20.2 Å². The number of anilines is 1. The van der Waals surface area contributed by atoms with Crippen molar-refractivity contribution in [2.45, 2.75) is 6.92 Å². The molecule has 86 valence electrons. The Labute approximate surface area is 99.8 Å². The predicted molar refractivity (Wildman–Crippen MR) is 67.3 cm³/mol. The second kappa shape index (κ2) is 4.30. The van der Waals surface area contributed by atoms with Crippen molar-refractivity contribution in [3.8, 4) is 11.8 Å². The minimum atomic E-state index is 0.598. The molecule has 4 heteroatoms. The Bertz CT molecular complexity index is 614. The van der Waals surface area contributed by atoms with Crippen LogP contribution in [0.3, 0.4) is 0 Å². The lowest BCUT2D eigenvalue weighted by Gasteiger charge is -2.09. The van der Waals surface area contributed by atoms with Crippen LogP contribution in [0.4, 0.5) is 5.82 Å². The second-order valence-corrected chi connectivity index (χ2v) is 3.78. The van der Waals surface area contributed by atoms with Crippen LogP contribution in [0.25, 0.3) is 10.9 Å². The summed E-state index contributed by atoms with van der Waals surface area (Å²) in [6, 6.07) is 7.78. The number of aryl methyl sites for hydroxylation is 1. The number of nitriles is 1. The van der Waals surface area contributed by atoms with Crippen LogP contribution in [0, 0.1) is 18.3 Å². The van der Waals surface area contributed by atoms with Gasteiger partial charge >= 0.3 is 0 Å². The molecule has 1 aromatic carbocycles. The molecule has 0 amide bonds. The van der Waals surface area contributed by atoms with Gasteiger partial charge in [0.1, 0.15) is 17.1 Å². The Morgan fingerprint density at radius 2 is 2.12 bits per heavy atom. The molecule has 0 radical (unpaired) electrons. The van der Waals surface area contributed by atoms with Gasteiger partial charge in [-0.1, -0.05) is 0 Å². The molecule has 1 aromatic heterocycles. The van der Waals surface area contributed by atoms with Crippen molar-refractivity contribution < 1.29 is 4.74 Å². The smallest absolute Gasteiger partial charge is 0.145 e. The SMILES string of the molecule is CNc1cc(C#N)c2cc(C)cc(OC)c2n1. The topological polar surface area (TPSA) is 57.9 Å². The molecule has 0 aliphatic rings. The standard InChI is InChI=1S/C13H13N3O/c1-8-4-10-9(7-14)6-12(15-2)16-13(10)11(5-8)17-3/h4-6H,1-3H3,(H,15,16). The van der Waals surface area contributed by atoms with Crippen LogP contribution in [0.5, 0.6) is 5.75 Å². The molecule has 0 bridgehead atoms. The maximum Gasteiger partial charge on any atom is 0.145 e. The van der Waals surface area contributed by atoms with Crippen LogP contribution in [-0.4, -0.2) is 19.1 Å². The zero-order valence-electron chi connectivity index (χ0n) is 10.0. The molecule has 0 fully saturated rings. The number of methoxy groups -OCH3 is 1. The molecule has 2 aromatic rings. The van der Waals surface area contributed by atoms with Gasteiger partial charge in [-0.05, 0) is 30.7 Å². The van der Waals surface area contributed by atoms with Gasteiger partial charge in [-0.25, -0.2) is 4.98 Å². The number of nitrogens with zero attached hydrogens (tertiary/aromatic N) is 2. The van der Waals surface area contributed by atoms with Gasteiger partial charge in [0.05, 0.1) is 18.7 Å². The molecule has 1 heterocycles. The van der Waals surface area contributed by atoms with Gasteiger partial charge in [0.25, 0.3) is 0 Å². The fraction of sp³-hybridized carbons (Fsp3) is 0.231. The average molecular weight is 227 g/mol. The fourth-order valence-corrected chi connectivity index (χ4v) is 1.81. The monoisotopic (exact) mass is 227 g/mol. The first-order chi connectivity index (χ1) is 8.19. The summed E-state index contributed by atoms with van der Waals surface area (Å²) < 4.78 is 5.31. The summed E-state index contributed by atoms with van der Waals surface area (Å²) in [5.74, 6) is 1.35. The Kier molecular flexibility index (Phi) is 2.84. The molecular formula is C13H13N3O. The van der Waals surface area contributed by atoms with Gasteiger partial charge in [-0.15, -0.1) is 0 Å². The van der Waals surface area contributed by atoms with E-state index in [1.807, 2.05) is 19.1 Å². The number of aromatic nitrogens is 1. The summed E-state index contributed by atoms with van der Waals surface area (Å²) in [5, 5.41) is 12.9. The quantitative estimate of drug-likeness (QED) is 0.856. The zero-order chi connectivity index (χ0) is 12.4. The molecule has 0 aliphatic carbocycles. The molecule has 1 N–H and O–H groups in total. The molecule has 0 unspecified atom stereocenters. The van der Waals surface area contributed by atoms with Crippen molar-refractivity contribution >= 4 is 16.7 Å². The number of fused-ring (bicyclic) bond motifs is 1. The minimum absolute atomic E-state index is 0.598. The third kappa shape index (κ3) is 1.87. The van der Waals surface area contributed by atoms with E-state index in [1.165, 1.54) is 0 Å². The fourth-order valence-electron chi connectivity index (χ4n) is 1.81. The van der Waals surface area contributed by atoms with Crippen molar-refractivity contribution in [3.63, 3.8) is 0 Å². The first kappa shape index (κ1) is 11.2. The predicted octanol–water partition coefficient (Wildman–Crippen LogP) is 2.47. The van der Waals surface area contributed by atoms with Crippen LogP contribution in [0.2, 0.25) is 0 Å². The highest BCUT2D eigenvalue weighted by Crippen LogP contribution is 2.29. The van der Waals surface area contributed by atoms with Crippen molar-refractivity contribution in [1.82, 2.24) is 4.98 Å². The van der Waals surface area contributed by atoms with Gasteiger partial charge in [0.15, 0.2) is 0 Å². The van der Waals surface area contributed by atoms with E-state index in [-0.39, 0.29) is 0 Å². The average Bonchev–Trinajstić information content (AvgIpc) is 2.36. The molecule has 0 saturated carbocycles. The molecule has 0 atom stereocenters. The van der Waals surface area contributed by atoms with Crippen molar-refractivity contribution in [3.05, 3.63) is 29.3 Å². The number of hydrogen-bond donors (Lipinski definition) is 1. The van der Waals surface area contributed by atoms with E-state index in [0.717, 1.165) is 10.9 Å². The Balaban J connectivity index is 2.89. The second-order valence-electron chi connectivity index (χ2n) is 3.78. The van der Waals surface area contributed by atoms with E-state index in [2.05, 4.69) is 16.4 Å². The van der Waals surface area contributed by atoms with Crippen molar-refractivity contribution in [1.29, 1.82) is 5.26 Å². The highest BCUT2D eigenvalue weighted by atomic mass is 16.5. The summed E-state index contributed by atoms with van der Waals surface area (Å²) in [5.41, 5.74) is 2.35. The zero-order valence-corrected chi connectivity index (χ0v) is 10.0. The first-order valence-electron chi connectivity index (χ1n) is 5.27. The maximum atomic E-state index is 9.16. The Hall–Kier alpha value is -2.28. The lowest BCUT2D eigenvalue weighted by Crippen LogP contribution is -1.97. The number of pyridine rings is 1. The van der Waals surface area contributed by atoms with Crippen LogP contribution < -0.4 is 10.1 Å². The Morgan fingerprint density at radius 3 is 2.71 bits per heavy atom. The third-order valence-corrected chi connectivity index (χ3v) is 2.62. The molecule has 0 saturated heterocycles. The molecule has 2 rings (SSSR count). The summed E-state index contributed by atoms with van der Waals surface area (Å²) in [6.45, 7) is 1.97. The molecule has 17 heavy (non-hydrogen) atoms. The number of benzene rings is 1. The van der Waals surface area contributed by atoms with Crippen LogP contribution in [-0.2, 0) is 0 Å². The van der Waals surface area contributed by atoms with Gasteiger partial charge in [0, 0.05) is 12.4 Å². The van der Waals surface area contributed by atoms with E-state index < -0.39 is 0 Å². The largest absolute Gasteiger partial charge is 0.494 e. The number of hydrogen-bond acceptors (Lipinski definition) is 4. The van der Waals surface area contributed by atoms with E-state index in [4.69, 9.17) is 10.00 Å². The molecule has 0 aliphatic heterocycles. The summed E-state index contributed by atoms with van der Waals surface area (Å²) in [4.78, 5) is 4.43. The van der Waals surface area contributed by atoms with E-state index in [9.17, 15) is 0 Å². The minimum Gasteiger partial charge on any atom is -0.494 e. The van der Waals surface area contributed by atoms with Gasteiger partial charge < -0.3 is 10.1 Å². The van der Waals surface area contributed by atoms with E-state index in [0.29, 0.717) is 22.6 Å². The lowest BCUT2D eigenvalue weighted by molar-refractivity contribution is 0.418. The third-order valence-electron chi connectivity index (χ3n) is 2.62.